The number of rotatable bonds is 5. The Bertz CT molecular complexity index is 800. The summed E-state index contributed by atoms with van der Waals surface area (Å²) in [7, 11) is 0. The van der Waals surface area contributed by atoms with E-state index >= 15 is 0 Å². The highest BCUT2D eigenvalue weighted by molar-refractivity contribution is 5.95. The Labute approximate surface area is 142 Å². The van der Waals surface area contributed by atoms with Crippen LogP contribution in [-0.2, 0) is 24.2 Å². The standard InChI is InChI=1S/C19H22N4O/c1-14-17(15(2)23(21-14)12-5-11-20)8-9-19(24)22-13-10-16-6-3-4-7-18(16)22/h3-4,6-7H,5,8-10,12-13H2,1-2H3. The van der Waals surface area contributed by atoms with E-state index in [1.807, 2.05) is 41.6 Å². The highest BCUT2D eigenvalue weighted by atomic mass is 16.2. The predicted molar refractivity (Wildman–Crippen MR) is 92.8 cm³/mol. The van der Waals surface area contributed by atoms with Crippen LogP contribution in [0.3, 0.4) is 0 Å². The topological polar surface area (TPSA) is 61.9 Å². The molecule has 0 fully saturated rings. The Balaban J connectivity index is 1.67. The Hall–Kier alpha value is -2.61. The number of hydrogen-bond donors (Lipinski definition) is 0. The fraction of sp³-hybridized carbons (Fsp3) is 0.421. The fourth-order valence-corrected chi connectivity index (χ4v) is 3.43. The highest BCUT2D eigenvalue weighted by Crippen LogP contribution is 2.28. The normalized spacial score (nSPS) is 13.0. The number of nitriles is 1. The van der Waals surface area contributed by atoms with Crippen molar-refractivity contribution >= 4 is 11.6 Å². The molecule has 5 nitrogen and oxygen atoms in total. The third kappa shape index (κ3) is 3.05. The van der Waals surface area contributed by atoms with Gasteiger partial charge in [-0.15, -0.1) is 0 Å². The molecule has 0 aliphatic carbocycles. The number of aryl methyl sites for hydroxylation is 2. The monoisotopic (exact) mass is 322 g/mol. The van der Waals surface area contributed by atoms with Crippen molar-refractivity contribution in [3.63, 3.8) is 0 Å². The summed E-state index contributed by atoms with van der Waals surface area (Å²) in [5, 5.41) is 13.2. The van der Waals surface area contributed by atoms with Gasteiger partial charge in [0.15, 0.2) is 0 Å². The zero-order valence-corrected chi connectivity index (χ0v) is 14.2. The largest absolute Gasteiger partial charge is 0.312 e. The zero-order valence-electron chi connectivity index (χ0n) is 14.2. The molecule has 1 aromatic carbocycles. The Morgan fingerprint density at radius 1 is 1.33 bits per heavy atom. The van der Waals surface area contributed by atoms with Gasteiger partial charge in [0.25, 0.3) is 0 Å². The minimum absolute atomic E-state index is 0.170. The molecule has 0 spiro atoms. The maximum absolute atomic E-state index is 12.6. The van der Waals surface area contributed by atoms with Gasteiger partial charge < -0.3 is 4.90 Å². The second-order valence-electron chi connectivity index (χ2n) is 6.20. The smallest absolute Gasteiger partial charge is 0.227 e. The number of nitrogens with zero attached hydrogens (tertiary/aromatic N) is 4. The molecule has 2 heterocycles. The lowest BCUT2D eigenvalue weighted by molar-refractivity contribution is -0.118. The molecule has 1 aliphatic rings. The molecule has 3 rings (SSSR count). The van der Waals surface area contributed by atoms with Gasteiger partial charge in [-0.1, -0.05) is 18.2 Å². The molecule has 0 unspecified atom stereocenters. The summed E-state index contributed by atoms with van der Waals surface area (Å²) in [5.74, 6) is 0.170. The average molecular weight is 322 g/mol. The van der Waals surface area contributed by atoms with Crippen molar-refractivity contribution in [1.82, 2.24) is 9.78 Å². The second-order valence-corrected chi connectivity index (χ2v) is 6.20. The van der Waals surface area contributed by atoms with Crippen molar-refractivity contribution in [2.45, 2.75) is 46.1 Å². The van der Waals surface area contributed by atoms with Crippen molar-refractivity contribution < 1.29 is 4.79 Å². The maximum Gasteiger partial charge on any atom is 0.227 e. The van der Waals surface area contributed by atoms with Crippen LogP contribution in [0.5, 0.6) is 0 Å². The number of anilines is 1. The molecule has 0 radical (unpaired) electrons. The van der Waals surface area contributed by atoms with Crippen LogP contribution < -0.4 is 4.90 Å². The van der Waals surface area contributed by atoms with Gasteiger partial charge in [0.2, 0.25) is 5.91 Å². The molecular weight excluding hydrogens is 300 g/mol. The lowest BCUT2D eigenvalue weighted by Gasteiger charge is -2.17. The van der Waals surface area contributed by atoms with Gasteiger partial charge in [0.05, 0.1) is 24.7 Å². The van der Waals surface area contributed by atoms with E-state index in [4.69, 9.17) is 5.26 Å². The van der Waals surface area contributed by atoms with Gasteiger partial charge in [-0.25, -0.2) is 0 Å². The molecule has 0 N–H and O–H groups in total. The Morgan fingerprint density at radius 2 is 2.12 bits per heavy atom. The summed E-state index contributed by atoms with van der Waals surface area (Å²) in [6, 6.07) is 10.3. The van der Waals surface area contributed by atoms with Crippen LogP contribution in [0.1, 0.15) is 35.4 Å². The lowest BCUT2D eigenvalue weighted by atomic mass is 10.1. The number of benzene rings is 1. The van der Waals surface area contributed by atoms with Crippen LogP contribution in [0.25, 0.3) is 0 Å². The van der Waals surface area contributed by atoms with E-state index in [0.29, 0.717) is 25.8 Å². The third-order valence-corrected chi connectivity index (χ3v) is 4.74. The van der Waals surface area contributed by atoms with Gasteiger partial charge in [-0.05, 0) is 43.9 Å². The maximum atomic E-state index is 12.6. The summed E-state index contributed by atoms with van der Waals surface area (Å²) in [6.07, 6.45) is 2.57. The number of carbonyl (C=O) groups excluding carboxylic acids is 1. The van der Waals surface area contributed by atoms with E-state index in [2.05, 4.69) is 17.2 Å². The van der Waals surface area contributed by atoms with Crippen LogP contribution >= 0.6 is 0 Å². The number of fused-ring (bicyclic) bond motifs is 1. The number of hydrogen-bond acceptors (Lipinski definition) is 3. The first-order chi connectivity index (χ1) is 11.6. The van der Waals surface area contributed by atoms with Gasteiger partial charge in [0.1, 0.15) is 0 Å². The zero-order chi connectivity index (χ0) is 17.1. The first-order valence-electron chi connectivity index (χ1n) is 8.40. The molecule has 0 saturated heterocycles. The predicted octanol–water partition coefficient (Wildman–Crippen LogP) is 2.94. The molecule has 2 aromatic rings. The molecule has 5 heteroatoms. The molecule has 0 bridgehead atoms. The van der Waals surface area contributed by atoms with E-state index in [1.165, 1.54) is 5.56 Å². The van der Waals surface area contributed by atoms with Crippen molar-refractivity contribution in [3.05, 3.63) is 46.8 Å². The highest BCUT2D eigenvalue weighted by Gasteiger charge is 2.24. The number of carbonyl (C=O) groups is 1. The van der Waals surface area contributed by atoms with Crippen molar-refractivity contribution in [3.8, 4) is 6.07 Å². The van der Waals surface area contributed by atoms with E-state index in [9.17, 15) is 4.79 Å². The third-order valence-electron chi connectivity index (χ3n) is 4.74. The molecule has 0 atom stereocenters. The molecule has 0 saturated carbocycles. The van der Waals surface area contributed by atoms with Gasteiger partial charge in [-0.2, -0.15) is 10.4 Å². The van der Waals surface area contributed by atoms with E-state index < -0.39 is 0 Å². The van der Waals surface area contributed by atoms with Gasteiger partial charge >= 0.3 is 0 Å². The first-order valence-corrected chi connectivity index (χ1v) is 8.40. The second kappa shape index (κ2) is 6.88. The van der Waals surface area contributed by atoms with Crippen molar-refractivity contribution in [1.29, 1.82) is 5.26 Å². The quantitative estimate of drug-likeness (QED) is 0.850. The summed E-state index contributed by atoms with van der Waals surface area (Å²) < 4.78 is 1.88. The minimum Gasteiger partial charge on any atom is -0.312 e. The molecule has 1 aromatic heterocycles. The molecule has 24 heavy (non-hydrogen) atoms. The molecule has 124 valence electrons. The molecule has 1 aliphatic heterocycles. The molecule has 1 amide bonds. The van der Waals surface area contributed by atoms with E-state index in [0.717, 1.165) is 35.6 Å². The molecular formula is C19H22N4O. The van der Waals surface area contributed by atoms with Crippen LogP contribution in [-0.4, -0.2) is 22.2 Å². The minimum atomic E-state index is 0.170. The van der Waals surface area contributed by atoms with Crippen LogP contribution in [0.4, 0.5) is 5.69 Å². The van der Waals surface area contributed by atoms with E-state index in [-0.39, 0.29) is 5.91 Å². The fourth-order valence-electron chi connectivity index (χ4n) is 3.43. The van der Waals surface area contributed by atoms with Gasteiger partial charge in [-0.3, -0.25) is 9.48 Å². The average Bonchev–Trinajstić information content (AvgIpc) is 3.13. The first kappa shape index (κ1) is 16.3. The summed E-state index contributed by atoms with van der Waals surface area (Å²) >= 11 is 0. The number of para-hydroxylation sites is 1. The van der Waals surface area contributed by atoms with Crippen LogP contribution in [0, 0.1) is 25.2 Å². The number of amides is 1. The lowest BCUT2D eigenvalue weighted by Crippen LogP contribution is -2.29. The summed E-state index contributed by atoms with van der Waals surface area (Å²) in [4.78, 5) is 14.5. The summed E-state index contributed by atoms with van der Waals surface area (Å²) in [5.41, 5.74) is 5.47. The Kier molecular flexibility index (Phi) is 4.66. The van der Waals surface area contributed by atoms with Crippen molar-refractivity contribution in [2.75, 3.05) is 11.4 Å². The number of aromatic nitrogens is 2. The van der Waals surface area contributed by atoms with Crippen LogP contribution in [0.15, 0.2) is 24.3 Å². The van der Waals surface area contributed by atoms with Gasteiger partial charge in [0, 0.05) is 24.3 Å². The van der Waals surface area contributed by atoms with E-state index in [1.54, 1.807) is 0 Å². The van der Waals surface area contributed by atoms with Crippen LogP contribution in [0.2, 0.25) is 0 Å². The SMILES string of the molecule is Cc1nn(CCC#N)c(C)c1CCC(=O)N1CCc2ccccc21. The Morgan fingerprint density at radius 3 is 2.92 bits per heavy atom. The van der Waals surface area contributed by atoms with Crippen molar-refractivity contribution in [2.24, 2.45) is 0 Å². The summed E-state index contributed by atoms with van der Waals surface area (Å²) in [6.45, 7) is 5.37.